The summed E-state index contributed by atoms with van der Waals surface area (Å²) in [6.45, 7) is 10.9. The van der Waals surface area contributed by atoms with Crippen molar-refractivity contribution in [3.63, 3.8) is 0 Å². The van der Waals surface area contributed by atoms with Crippen LogP contribution in [-0.4, -0.2) is 35.0 Å². The first-order valence-corrected chi connectivity index (χ1v) is 19.5. The van der Waals surface area contributed by atoms with Crippen molar-refractivity contribution in [2.75, 3.05) is 7.11 Å². The van der Waals surface area contributed by atoms with Gasteiger partial charge in [-0.15, -0.1) is 0 Å². The molecule has 0 saturated carbocycles. The minimum atomic E-state index is -0.456. The third-order valence-corrected chi connectivity index (χ3v) is 10.9. The lowest BCUT2D eigenvalue weighted by molar-refractivity contribution is -0.141. The summed E-state index contributed by atoms with van der Waals surface area (Å²) in [6.07, 6.45) is 11.8. The van der Waals surface area contributed by atoms with Gasteiger partial charge in [-0.3, -0.25) is 0 Å². The second kappa shape index (κ2) is 16.8. The first-order chi connectivity index (χ1) is 26.1. The summed E-state index contributed by atoms with van der Waals surface area (Å²) in [5, 5.41) is 10.3. The van der Waals surface area contributed by atoms with Crippen molar-refractivity contribution in [2.24, 2.45) is 10.3 Å². The Morgan fingerprint density at radius 2 is 1.19 bits per heavy atom. The van der Waals surface area contributed by atoms with E-state index in [2.05, 4.69) is 83.3 Å². The van der Waals surface area contributed by atoms with E-state index < -0.39 is 11.9 Å². The summed E-state index contributed by atoms with van der Waals surface area (Å²) in [6, 6.07) is 26.1. The maximum atomic E-state index is 11.6. The molecule has 1 aliphatic carbocycles. The van der Waals surface area contributed by atoms with Gasteiger partial charge in [-0.1, -0.05) is 99.8 Å². The van der Waals surface area contributed by atoms with E-state index in [1.54, 1.807) is 7.11 Å². The molecule has 282 valence electrons. The zero-order chi connectivity index (χ0) is 38.4. The Hall–Kier alpha value is -5.24. The fourth-order valence-corrected chi connectivity index (χ4v) is 8.21. The van der Waals surface area contributed by atoms with E-state index in [0.717, 1.165) is 57.2 Å². The Bertz CT molecular complexity index is 2220. The van der Waals surface area contributed by atoms with Crippen LogP contribution in [0.3, 0.4) is 0 Å². The van der Waals surface area contributed by atoms with Crippen molar-refractivity contribution in [3.8, 4) is 22.6 Å². The van der Waals surface area contributed by atoms with Gasteiger partial charge in [0.25, 0.3) is 0 Å². The quantitative estimate of drug-likeness (QED) is 0.0437. The summed E-state index contributed by atoms with van der Waals surface area (Å²) < 4.78 is 8.20. The first-order valence-electron chi connectivity index (χ1n) is 19.5. The van der Waals surface area contributed by atoms with Gasteiger partial charge in [0, 0.05) is 35.7 Å². The van der Waals surface area contributed by atoms with Crippen molar-refractivity contribution < 1.29 is 24.0 Å². The summed E-state index contributed by atoms with van der Waals surface area (Å²) in [7, 11) is 1.76. The molecule has 0 fully saturated rings. The molecule has 0 amide bonds. The summed E-state index contributed by atoms with van der Waals surface area (Å²) in [5.41, 5.74) is 11.4. The van der Waals surface area contributed by atoms with Crippen LogP contribution in [0.1, 0.15) is 128 Å². The molecule has 1 heterocycles. The highest BCUT2D eigenvalue weighted by atomic mass is 16.7. The first kappa shape index (κ1) is 38.5. The minimum Gasteiger partial charge on any atom is -0.497 e. The maximum absolute atomic E-state index is 11.6. The SMILES string of the molecule is CCCCCCC1(CCCCCC)c2cc(OC)ccc2-c2cc3c4cc(/C(C)=N/OC(C)=O)ccc4n(-c4ccc(/C(C)=N\OC(C)=O)cc4)c3cc21. The lowest BCUT2D eigenvalue weighted by atomic mass is 9.70. The number of carbonyl (C=O) groups is 2. The standard InChI is InChI=1S/C46H53N3O5/c1-8-10-12-14-24-46(25-15-13-11-9-2)42-27-37(52-7)21-22-38(42)39-28-41-40-26-35(31(4)48-54-33(6)51)18-23-44(40)49(45(41)29-43(39)46)36-19-16-34(17-20-36)30(3)47-53-32(5)50/h16-23,26-29H,8-15,24-25H2,1-7H3/b47-30-,48-31+. The van der Waals surface area contributed by atoms with Gasteiger partial charge in [-0.25, -0.2) is 9.59 Å². The molecule has 0 N–H and O–H groups in total. The molecule has 0 unspecified atom stereocenters. The lowest BCUT2D eigenvalue weighted by Crippen LogP contribution is -2.25. The molecular formula is C46H53N3O5. The number of rotatable bonds is 16. The molecule has 5 aromatic rings. The highest BCUT2D eigenvalue weighted by molar-refractivity contribution is 6.14. The van der Waals surface area contributed by atoms with E-state index in [-0.39, 0.29) is 5.41 Å². The molecule has 8 heteroatoms. The molecule has 1 aliphatic rings. The van der Waals surface area contributed by atoms with Crippen molar-refractivity contribution in [2.45, 2.75) is 111 Å². The minimum absolute atomic E-state index is 0.136. The van der Waals surface area contributed by atoms with Crippen LogP contribution in [0.4, 0.5) is 0 Å². The highest BCUT2D eigenvalue weighted by Crippen LogP contribution is 2.56. The van der Waals surface area contributed by atoms with Crippen LogP contribution in [-0.2, 0) is 24.7 Å². The van der Waals surface area contributed by atoms with E-state index >= 15 is 0 Å². The van der Waals surface area contributed by atoms with Crippen molar-refractivity contribution in [3.05, 3.63) is 95.1 Å². The zero-order valence-corrected chi connectivity index (χ0v) is 32.9. The summed E-state index contributed by atoms with van der Waals surface area (Å²) in [5.74, 6) is -0.0154. The number of aromatic nitrogens is 1. The van der Waals surface area contributed by atoms with Crippen LogP contribution < -0.4 is 4.74 Å². The molecule has 0 bridgehead atoms. The number of nitrogens with zero attached hydrogens (tertiary/aromatic N) is 3. The number of methoxy groups -OCH3 is 1. The number of hydrogen-bond acceptors (Lipinski definition) is 7. The van der Waals surface area contributed by atoms with Gasteiger partial charge >= 0.3 is 11.9 Å². The van der Waals surface area contributed by atoms with E-state index in [4.69, 9.17) is 14.4 Å². The second-order valence-corrected chi connectivity index (χ2v) is 14.7. The maximum Gasteiger partial charge on any atom is 0.331 e. The number of unbranched alkanes of at least 4 members (excludes halogenated alkanes) is 6. The van der Waals surface area contributed by atoms with Crippen molar-refractivity contribution in [1.29, 1.82) is 0 Å². The molecule has 4 aromatic carbocycles. The molecule has 0 aliphatic heterocycles. The number of benzene rings is 4. The van der Waals surface area contributed by atoms with Gasteiger partial charge in [0.2, 0.25) is 0 Å². The molecule has 6 rings (SSSR count). The van der Waals surface area contributed by atoms with Crippen LogP contribution in [0.5, 0.6) is 5.75 Å². The van der Waals surface area contributed by atoms with Gasteiger partial charge < -0.3 is 19.0 Å². The Labute approximate surface area is 319 Å². The van der Waals surface area contributed by atoms with Crippen LogP contribution in [0, 0.1) is 0 Å². The average molecular weight is 728 g/mol. The van der Waals surface area contributed by atoms with Crippen LogP contribution in [0.25, 0.3) is 38.6 Å². The summed E-state index contributed by atoms with van der Waals surface area (Å²) >= 11 is 0. The average Bonchev–Trinajstić information content (AvgIpc) is 3.63. The highest BCUT2D eigenvalue weighted by Gasteiger charge is 2.43. The fourth-order valence-electron chi connectivity index (χ4n) is 8.21. The molecule has 0 spiro atoms. The predicted octanol–water partition coefficient (Wildman–Crippen LogP) is 11.6. The van der Waals surface area contributed by atoms with E-state index in [1.807, 2.05) is 32.0 Å². The van der Waals surface area contributed by atoms with Crippen LogP contribution >= 0.6 is 0 Å². The van der Waals surface area contributed by atoms with E-state index in [9.17, 15) is 9.59 Å². The number of oxime groups is 2. The second-order valence-electron chi connectivity index (χ2n) is 14.7. The third-order valence-electron chi connectivity index (χ3n) is 10.9. The van der Waals surface area contributed by atoms with Crippen LogP contribution in [0.15, 0.2) is 83.1 Å². The Balaban J connectivity index is 1.61. The molecule has 0 saturated heterocycles. The normalized spacial score (nSPS) is 13.6. The van der Waals surface area contributed by atoms with Gasteiger partial charge in [-0.2, -0.15) is 0 Å². The Morgan fingerprint density at radius 3 is 1.78 bits per heavy atom. The molecule has 1 aromatic heterocycles. The smallest absolute Gasteiger partial charge is 0.331 e. The van der Waals surface area contributed by atoms with E-state index in [1.165, 1.54) is 87.5 Å². The number of hydrogen-bond donors (Lipinski definition) is 0. The van der Waals surface area contributed by atoms with Gasteiger partial charge in [0.1, 0.15) is 5.75 Å². The number of fused-ring (bicyclic) bond motifs is 6. The van der Waals surface area contributed by atoms with Crippen molar-refractivity contribution in [1.82, 2.24) is 4.57 Å². The molecular weight excluding hydrogens is 675 g/mol. The topological polar surface area (TPSA) is 91.5 Å². The molecule has 0 radical (unpaired) electrons. The predicted molar refractivity (Wildman–Crippen MR) is 219 cm³/mol. The molecule has 8 nitrogen and oxygen atoms in total. The lowest BCUT2D eigenvalue weighted by Gasteiger charge is -2.33. The van der Waals surface area contributed by atoms with Crippen molar-refractivity contribution >= 4 is 45.2 Å². The molecule has 54 heavy (non-hydrogen) atoms. The zero-order valence-electron chi connectivity index (χ0n) is 32.9. The van der Waals surface area contributed by atoms with Gasteiger partial charge in [0.15, 0.2) is 0 Å². The van der Waals surface area contributed by atoms with Crippen LogP contribution in [0.2, 0.25) is 0 Å². The largest absolute Gasteiger partial charge is 0.497 e. The monoisotopic (exact) mass is 727 g/mol. The molecule has 0 atom stereocenters. The third kappa shape index (κ3) is 7.70. The van der Waals surface area contributed by atoms with Gasteiger partial charge in [0.05, 0.1) is 29.6 Å². The fraction of sp³-hybridized carbons (Fsp3) is 0.391. The Kier molecular flexibility index (Phi) is 12.0. The number of carbonyl (C=O) groups excluding carboxylic acids is 2. The Morgan fingerprint density at radius 1 is 0.611 bits per heavy atom. The number of ether oxygens (including phenoxy) is 1. The summed E-state index contributed by atoms with van der Waals surface area (Å²) in [4.78, 5) is 32.9. The van der Waals surface area contributed by atoms with Gasteiger partial charge in [-0.05, 0) is 109 Å². The van der Waals surface area contributed by atoms with E-state index in [0.29, 0.717) is 11.4 Å².